The van der Waals surface area contributed by atoms with Gasteiger partial charge in [0.2, 0.25) is 27.7 Å². The molecule has 23 nitrogen and oxygen atoms in total. The fourth-order valence-corrected chi connectivity index (χ4v) is 9.50. The Hall–Kier alpha value is -8.41. The normalized spacial score (nSPS) is 15.8. The van der Waals surface area contributed by atoms with Crippen molar-refractivity contribution in [3.05, 3.63) is 107 Å². The smallest absolute Gasteiger partial charge is 0.407 e. The van der Waals surface area contributed by atoms with E-state index in [1.807, 2.05) is 16.9 Å². The lowest BCUT2D eigenvalue weighted by molar-refractivity contribution is -0.141. The lowest BCUT2D eigenvalue weighted by Gasteiger charge is -2.33. The maximum atomic E-state index is 15.3. The van der Waals surface area contributed by atoms with E-state index in [9.17, 15) is 37.2 Å². The first-order valence-electron chi connectivity index (χ1n) is 29.0. The number of ether oxygens (including phenoxy) is 5. The van der Waals surface area contributed by atoms with E-state index in [2.05, 4.69) is 51.0 Å². The molecule has 0 radical (unpaired) electrons. The Kier molecular flexibility index (Phi) is 24.5. The number of hydrogen-bond donors (Lipinski definition) is 7. The molecule has 0 aliphatic carbocycles. The zero-order valence-corrected chi connectivity index (χ0v) is 53.0. The Labute approximate surface area is 510 Å². The molecule has 474 valence electrons. The number of aryl methyl sites for hydroxylation is 1. The quantitative estimate of drug-likeness (QED) is 0.0298. The van der Waals surface area contributed by atoms with Crippen molar-refractivity contribution in [2.24, 2.45) is 0 Å². The summed E-state index contributed by atoms with van der Waals surface area (Å²) in [6.07, 6.45) is 1.61. The van der Waals surface area contributed by atoms with Crippen LogP contribution in [-0.4, -0.2) is 142 Å². The van der Waals surface area contributed by atoms with Gasteiger partial charge in [-0.05, 0) is 159 Å². The number of likely N-dealkylation sites (N-methyl/N-ethyl adjacent to an activating group) is 1. The summed E-state index contributed by atoms with van der Waals surface area (Å²) in [4.78, 5) is 112. The Morgan fingerprint density at radius 2 is 1.16 bits per heavy atom. The van der Waals surface area contributed by atoms with Gasteiger partial charge in [-0.1, -0.05) is 61.9 Å². The third kappa shape index (κ3) is 23.1. The highest BCUT2D eigenvalue weighted by molar-refractivity contribution is 7.89. The first-order chi connectivity index (χ1) is 40.7. The molecule has 1 aliphatic heterocycles. The summed E-state index contributed by atoms with van der Waals surface area (Å²) in [5.41, 5.74) is 1.94. The number of amides is 8. The predicted molar refractivity (Wildman–Crippen MR) is 328 cm³/mol. The summed E-state index contributed by atoms with van der Waals surface area (Å²) in [6, 6.07) is 18.6. The van der Waals surface area contributed by atoms with E-state index in [0.29, 0.717) is 5.56 Å². The van der Waals surface area contributed by atoms with E-state index >= 15 is 9.59 Å². The highest BCUT2D eigenvalue weighted by atomic mass is 32.2. The predicted octanol–water partition coefficient (Wildman–Crippen LogP) is 7.39. The van der Waals surface area contributed by atoms with E-state index in [1.165, 1.54) is 31.7 Å². The Morgan fingerprint density at radius 1 is 0.655 bits per heavy atom. The van der Waals surface area contributed by atoms with E-state index in [0.717, 1.165) is 41.5 Å². The van der Waals surface area contributed by atoms with Crippen LogP contribution in [-0.2, 0) is 56.3 Å². The molecule has 4 aromatic rings. The number of alkyl carbamates (subject to hydrolysis) is 3. The van der Waals surface area contributed by atoms with Gasteiger partial charge in [-0.2, -0.15) is 0 Å². The van der Waals surface area contributed by atoms with E-state index < -0.39 is 98.8 Å². The minimum absolute atomic E-state index is 0.0304. The van der Waals surface area contributed by atoms with Gasteiger partial charge in [-0.25, -0.2) is 22.8 Å². The van der Waals surface area contributed by atoms with Crippen molar-refractivity contribution in [1.29, 1.82) is 0 Å². The zero-order valence-electron chi connectivity index (χ0n) is 52.1. The molecule has 5 rings (SSSR count). The minimum Gasteiger partial charge on any atom is -0.491 e. The zero-order chi connectivity index (χ0) is 64.4. The highest BCUT2D eigenvalue weighted by Gasteiger charge is 2.37. The molecule has 4 atom stereocenters. The van der Waals surface area contributed by atoms with Crippen LogP contribution in [0.15, 0.2) is 84.9 Å². The molecule has 4 bridgehead atoms. The lowest BCUT2D eigenvalue weighted by Crippen LogP contribution is -2.56. The molecule has 1 heterocycles. The second-order valence-corrected chi connectivity index (χ2v) is 25.9. The number of carbonyl (C=O) groups excluding carboxylic acids is 8. The standard InChI is InChI=1S/C63H86N8O15S/c1-14-15-17-40-19-22-42(23-20-40)43-24-26-44(27-25-43)54(73)68-48(18-16-31-64-58(77)84-61(3,4)5)57(76)71(12)52-45-28-30-51(83-35-33-66-60(79)86-63(9,10)11)47(38-45)46-36-41(21-29-50(46)82-34-32-65-59(78)85-62(6,7)8)37-49(55(74)70-87(13,80)81)69-53(72)39(2)67-56(52)75/h19-30,36,38-39,48-49,52H,14-18,31-35,37H2,1-13H3,(H,64,77)(H,65,78)(H,66,79)(H,67,75)(H,68,73)(H,69,72)(H,70,74)/t39-,48-,49-,52-/m0/s1. The van der Waals surface area contributed by atoms with Gasteiger partial charge in [0.25, 0.3) is 11.8 Å². The molecular formula is C63H86N8O15S. The molecule has 87 heavy (non-hydrogen) atoms. The number of fused-ring (bicyclic) bond motifs is 5. The Morgan fingerprint density at radius 3 is 1.68 bits per heavy atom. The second-order valence-electron chi connectivity index (χ2n) is 24.2. The number of nitrogens with one attached hydrogen (secondary N) is 7. The molecule has 0 fully saturated rings. The topological polar surface area (TPSA) is 304 Å². The number of carbonyl (C=O) groups is 8. The van der Waals surface area contributed by atoms with Gasteiger partial charge in [0, 0.05) is 36.7 Å². The summed E-state index contributed by atoms with van der Waals surface area (Å²) >= 11 is 0. The van der Waals surface area contributed by atoms with Crippen molar-refractivity contribution < 1.29 is 70.5 Å². The molecule has 4 aromatic carbocycles. The average Bonchev–Trinajstić information content (AvgIpc) is 1.28. The summed E-state index contributed by atoms with van der Waals surface area (Å²) in [6.45, 7) is 18.6. The molecule has 0 aromatic heterocycles. The number of rotatable bonds is 22. The van der Waals surface area contributed by atoms with Crippen molar-refractivity contribution in [1.82, 2.24) is 41.5 Å². The number of nitrogens with zero attached hydrogens (tertiary/aromatic N) is 1. The summed E-state index contributed by atoms with van der Waals surface area (Å²) in [7, 11) is -2.80. The van der Waals surface area contributed by atoms with Crippen molar-refractivity contribution in [2.45, 2.75) is 156 Å². The van der Waals surface area contributed by atoms with Crippen LogP contribution in [0.5, 0.6) is 11.5 Å². The van der Waals surface area contributed by atoms with Gasteiger partial charge in [0.15, 0.2) is 0 Å². The molecular weight excluding hydrogens is 1140 g/mol. The van der Waals surface area contributed by atoms with Gasteiger partial charge in [-0.3, -0.25) is 28.7 Å². The monoisotopic (exact) mass is 1230 g/mol. The fraction of sp³-hybridized carbons (Fsp3) is 0.492. The largest absolute Gasteiger partial charge is 0.491 e. The molecule has 0 spiro atoms. The number of hydrogen-bond acceptors (Lipinski definition) is 15. The molecule has 8 amide bonds. The Bertz CT molecular complexity index is 3190. The van der Waals surface area contributed by atoms with Crippen LogP contribution in [0.1, 0.15) is 135 Å². The maximum Gasteiger partial charge on any atom is 0.407 e. The molecule has 0 saturated carbocycles. The minimum atomic E-state index is -4.15. The third-order valence-corrected chi connectivity index (χ3v) is 13.6. The first kappa shape index (κ1) is 69.4. The van der Waals surface area contributed by atoms with Crippen molar-refractivity contribution in [3.63, 3.8) is 0 Å². The SMILES string of the molecule is CCCCc1ccc(-c2ccc(C(=O)N[C@@H](CCCNC(=O)OC(C)(C)C)C(=O)N(C)[C@@H]3C(=O)N[C@@H](C)C(=O)N[C@H](C(=O)NS(C)(=O)=O)Cc4ccc(OCCNC(=O)OC(C)(C)C)c(c4)-c4cc3ccc4OCCNC(=O)OC(C)(C)C)cc2)cc1. The van der Waals surface area contributed by atoms with Gasteiger partial charge in [0.1, 0.15) is 65.7 Å². The third-order valence-electron chi connectivity index (χ3n) is 13.0. The number of sulfonamides is 1. The van der Waals surface area contributed by atoms with Crippen LogP contribution in [0, 0.1) is 0 Å². The molecule has 0 saturated heterocycles. The van der Waals surface area contributed by atoms with Crippen LogP contribution >= 0.6 is 0 Å². The van der Waals surface area contributed by atoms with Crippen LogP contribution in [0.4, 0.5) is 14.4 Å². The second kappa shape index (κ2) is 30.8. The van der Waals surface area contributed by atoms with Crippen molar-refractivity contribution in [2.75, 3.05) is 46.2 Å². The molecule has 0 unspecified atom stereocenters. The van der Waals surface area contributed by atoms with E-state index in [4.69, 9.17) is 23.7 Å². The van der Waals surface area contributed by atoms with E-state index in [-0.39, 0.29) is 85.9 Å². The van der Waals surface area contributed by atoms with Gasteiger partial charge in [0.05, 0.1) is 19.3 Å². The highest BCUT2D eigenvalue weighted by Crippen LogP contribution is 2.40. The summed E-state index contributed by atoms with van der Waals surface area (Å²) < 4.78 is 55.7. The van der Waals surface area contributed by atoms with Gasteiger partial charge < -0.3 is 60.5 Å². The first-order valence-corrected chi connectivity index (χ1v) is 30.9. The molecule has 24 heteroatoms. The molecule has 7 N–H and O–H groups in total. The van der Waals surface area contributed by atoms with Gasteiger partial charge >= 0.3 is 18.3 Å². The Balaban J connectivity index is 1.63. The summed E-state index contributed by atoms with van der Waals surface area (Å²) in [5, 5.41) is 16.1. The molecule has 1 aliphatic rings. The lowest BCUT2D eigenvalue weighted by atomic mass is 9.93. The van der Waals surface area contributed by atoms with Crippen LogP contribution < -0.4 is 46.1 Å². The van der Waals surface area contributed by atoms with Crippen molar-refractivity contribution >= 4 is 57.8 Å². The summed E-state index contributed by atoms with van der Waals surface area (Å²) in [5.74, 6) is -3.89. The maximum absolute atomic E-state index is 15.3. The fourth-order valence-electron chi connectivity index (χ4n) is 9.00. The van der Waals surface area contributed by atoms with Crippen LogP contribution in [0.3, 0.4) is 0 Å². The average molecular weight is 1230 g/mol. The number of benzene rings is 4. The van der Waals surface area contributed by atoms with Crippen LogP contribution in [0.25, 0.3) is 22.3 Å². The van der Waals surface area contributed by atoms with Crippen LogP contribution in [0.2, 0.25) is 0 Å². The van der Waals surface area contributed by atoms with E-state index in [1.54, 1.807) is 111 Å². The number of unbranched alkanes of at least 4 members (excludes halogenated alkanes) is 1. The van der Waals surface area contributed by atoms with Crippen molar-refractivity contribution in [3.8, 4) is 33.8 Å². The van der Waals surface area contributed by atoms with Gasteiger partial charge in [-0.15, -0.1) is 0 Å².